The lowest BCUT2D eigenvalue weighted by atomic mass is 10.1. The number of ether oxygens (including phenoxy) is 3. The summed E-state index contributed by atoms with van der Waals surface area (Å²) in [5.74, 6) is -0.285. The fraction of sp³-hybridized carbons (Fsp3) is 0.412. The lowest BCUT2D eigenvalue weighted by molar-refractivity contribution is -0.119. The third-order valence-corrected chi connectivity index (χ3v) is 4.71. The number of aromatic nitrogens is 1. The Morgan fingerprint density at radius 1 is 1.38 bits per heavy atom. The van der Waals surface area contributed by atoms with Gasteiger partial charge in [-0.25, -0.2) is 0 Å². The number of thiazole rings is 1. The Morgan fingerprint density at radius 3 is 2.92 bits per heavy atom. The molecule has 1 aromatic carbocycles. The maximum absolute atomic E-state index is 12.3. The smallest absolute Gasteiger partial charge is 0.317 e. The third-order valence-electron chi connectivity index (χ3n) is 3.69. The third kappa shape index (κ3) is 3.37. The van der Waals surface area contributed by atoms with E-state index >= 15 is 0 Å². The molecule has 1 aromatic heterocycles. The van der Waals surface area contributed by atoms with Crippen molar-refractivity contribution in [2.75, 3.05) is 26.9 Å². The van der Waals surface area contributed by atoms with E-state index in [4.69, 9.17) is 14.2 Å². The van der Waals surface area contributed by atoms with Crippen LogP contribution in [0.3, 0.4) is 0 Å². The molecule has 0 fully saturated rings. The Kier molecular flexibility index (Phi) is 5.01. The number of amides is 1. The molecule has 24 heavy (non-hydrogen) atoms. The Labute approximate surface area is 144 Å². The molecule has 7 heteroatoms. The number of nitrogens with zero attached hydrogens (tertiary/aromatic N) is 2. The van der Waals surface area contributed by atoms with Gasteiger partial charge in [-0.15, -0.1) is 0 Å². The van der Waals surface area contributed by atoms with Gasteiger partial charge in [0, 0.05) is 13.7 Å². The Morgan fingerprint density at radius 2 is 2.21 bits per heavy atom. The van der Waals surface area contributed by atoms with Crippen LogP contribution in [0.1, 0.15) is 11.1 Å². The lowest BCUT2D eigenvalue weighted by Gasteiger charge is -2.12. The number of carbonyl (C=O) groups excluding carboxylic acids is 1. The van der Waals surface area contributed by atoms with Crippen LogP contribution >= 0.6 is 11.3 Å². The van der Waals surface area contributed by atoms with Crippen LogP contribution in [0, 0.1) is 13.8 Å². The average Bonchev–Trinajstić information content (AvgIpc) is 2.90. The van der Waals surface area contributed by atoms with Crippen LogP contribution in [0.5, 0.6) is 0 Å². The summed E-state index contributed by atoms with van der Waals surface area (Å²) in [7, 11) is 1.66. The van der Waals surface area contributed by atoms with E-state index in [1.165, 1.54) is 23.2 Å². The summed E-state index contributed by atoms with van der Waals surface area (Å²) in [6.07, 6.45) is 1.33. The number of fused-ring (bicyclic) bond motifs is 1. The molecule has 0 spiro atoms. The molecule has 1 amide bonds. The van der Waals surface area contributed by atoms with E-state index in [0.29, 0.717) is 31.2 Å². The SMILES string of the molecule is COCCn1c(=NC(=O)C2=COCCO2)sc2cc(C)cc(C)c21. The number of benzene rings is 1. The minimum absolute atomic E-state index is 0.143. The normalized spacial score (nSPS) is 15.1. The van der Waals surface area contributed by atoms with Crippen LogP contribution < -0.4 is 4.80 Å². The fourth-order valence-electron chi connectivity index (χ4n) is 2.69. The van der Waals surface area contributed by atoms with E-state index in [1.807, 2.05) is 4.57 Å². The molecule has 0 radical (unpaired) electrons. The molecular formula is C17H20N2O4S. The van der Waals surface area contributed by atoms with Crippen molar-refractivity contribution in [2.45, 2.75) is 20.4 Å². The summed E-state index contributed by atoms with van der Waals surface area (Å²) in [6.45, 7) is 6.11. The summed E-state index contributed by atoms with van der Waals surface area (Å²) >= 11 is 1.49. The first-order valence-electron chi connectivity index (χ1n) is 7.73. The molecule has 3 rings (SSSR count). The van der Waals surface area contributed by atoms with Crippen molar-refractivity contribution in [1.82, 2.24) is 4.57 Å². The van der Waals surface area contributed by atoms with Crippen LogP contribution in [-0.2, 0) is 25.5 Å². The molecule has 6 nitrogen and oxygen atoms in total. The monoisotopic (exact) mass is 348 g/mol. The van der Waals surface area contributed by atoms with Crippen LogP contribution in [-0.4, -0.2) is 37.4 Å². The standard InChI is InChI=1S/C17H20N2O4S/c1-11-8-12(2)15-14(9-11)24-17(19(15)4-5-21-3)18-16(20)13-10-22-6-7-23-13/h8-10H,4-7H2,1-3H3. The average molecular weight is 348 g/mol. The molecule has 0 atom stereocenters. The quantitative estimate of drug-likeness (QED) is 0.850. The maximum atomic E-state index is 12.3. The van der Waals surface area contributed by atoms with Gasteiger partial charge < -0.3 is 18.8 Å². The summed E-state index contributed by atoms with van der Waals surface area (Å²) in [5, 5.41) is 0. The highest BCUT2D eigenvalue weighted by Crippen LogP contribution is 2.23. The Balaban J connectivity index is 2.11. The molecule has 0 unspecified atom stereocenters. The minimum Gasteiger partial charge on any atom is -0.494 e. The largest absolute Gasteiger partial charge is 0.494 e. The lowest BCUT2D eigenvalue weighted by Crippen LogP contribution is -2.21. The van der Waals surface area contributed by atoms with Crippen LogP contribution in [0.4, 0.5) is 0 Å². The molecule has 1 aliphatic rings. The number of hydrogen-bond donors (Lipinski definition) is 0. The highest BCUT2D eigenvalue weighted by Gasteiger charge is 2.16. The first-order chi connectivity index (χ1) is 11.6. The predicted molar refractivity (Wildman–Crippen MR) is 91.7 cm³/mol. The molecule has 1 aliphatic heterocycles. The topological polar surface area (TPSA) is 62.1 Å². The summed E-state index contributed by atoms with van der Waals surface area (Å²) < 4.78 is 18.8. The van der Waals surface area contributed by atoms with Crippen molar-refractivity contribution >= 4 is 27.5 Å². The van der Waals surface area contributed by atoms with Gasteiger partial charge >= 0.3 is 5.91 Å². The highest BCUT2D eigenvalue weighted by molar-refractivity contribution is 7.16. The van der Waals surface area contributed by atoms with Gasteiger partial charge in [-0.3, -0.25) is 4.79 Å². The number of methoxy groups -OCH3 is 1. The van der Waals surface area contributed by atoms with Gasteiger partial charge in [-0.2, -0.15) is 4.99 Å². The van der Waals surface area contributed by atoms with Gasteiger partial charge in [0.05, 0.1) is 16.8 Å². The van der Waals surface area contributed by atoms with E-state index in [1.54, 1.807) is 7.11 Å². The van der Waals surface area contributed by atoms with Gasteiger partial charge in [-0.1, -0.05) is 17.4 Å². The van der Waals surface area contributed by atoms with E-state index in [2.05, 4.69) is 31.0 Å². The minimum atomic E-state index is -0.429. The van der Waals surface area contributed by atoms with Gasteiger partial charge in [0.25, 0.3) is 0 Å². The molecule has 0 aliphatic carbocycles. The van der Waals surface area contributed by atoms with Crippen molar-refractivity contribution in [3.8, 4) is 0 Å². The molecule has 2 aromatic rings. The zero-order valence-corrected chi connectivity index (χ0v) is 14.8. The molecule has 0 saturated heterocycles. The molecule has 128 valence electrons. The molecule has 2 heterocycles. The number of carbonyl (C=O) groups is 1. The fourth-order valence-corrected chi connectivity index (χ4v) is 3.92. The summed E-state index contributed by atoms with van der Waals surface area (Å²) in [6, 6.07) is 4.24. The number of hydrogen-bond acceptors (Lipinski definition) is 5. The maximum Gasteiger partial charge on any atom is 0.317 e. The van der Waals surface area contributed by atoms with Crippen molar-refractivity contribution in [3.05, 3.63) is 40.1 Å². The zero-order chi connectivity index (χ0) is 17.1. The van der Waals surface area contributed by atoms with Crippen LogP contribution in [0.15, 0.2) is 29.1 Å². The molecular weight excluding hydrogens is 328 g/mol. The number of aryl methyl sites for hydroxylation is 2. The first kappa shape index (κ1) is 16.7. The van der Waals surface area contributed by atoms with E-state index in [0.717, 1.165) is 15.8 Å². The molecule has 0 saturated carbocycles. The van der Waals surface area contributed by atoms with Crippen molar-refractivity contribution in [1.29, 1.82) is 0 Å². The van der Waals surface area contributed by atoms with Gasteiger partial charge in [0.15, 0.2) is 4.80 Å². The number of rotatable bonds is 4. The Hall–Kier alpha value is -2.12. The van der Waals surface area contributed by atoms with Gasteiger partial charge in [-0.05, 0) is 31.0 Å². The predicted octanol–water partition coefficient (Wildman–Crippen LogP) is 2.28. The summed E-state index contributed by atoms with van der Waals surface area (Å²) in [4.78, 5) is 17.2. The second-order valence-electron chi connectivity index (χ2n) is 5.58. The van der Waals surface area contributed by atoms with Crippen molar-refractivity contribution in [2.24, 2.45) is 4.99 Å². The van der Waals surface area contributed by atoms with Gasteiger partial charge in [0.2, 0.25) is 5.76 Å². The highest BCUT2D eigenvalue weighted by atomic mass is 32.1. The zero-order valence-electron chi connectivity index (χ0n) is 14.0. The van der Waals surface area contributed by atoms with E-state index < -0.39 is 5.91 Å². The summed E-state index contributed by atoms with van der Waals surface area (Å²) in [5.41, 5.74) is 3.43. The van der Waals surface area contributed by atoms with E-state index in [9.17, 15) is 4.79 Å². The van der Waals surface area contributed by atoms with Crippen molar-refractivity contribution < 1.29 is 19.0 Å². The second kappa shape index (κ2) is 7.19. The van der Waals surface area contributed by atoms with Crippen molar-refractivity contribution in [3.63, 3.8) is 0 Å². The second-order valence-corrected chi connectivity index (χ2v) is 6.59. The van der Waals surface area contributed by atoms with Crippen LogP contribution in [0.2, 0.25) is 0 Å². The Bertz CT molecular complexity index is 863. The van der Waals surface area contributed by atoms with Gasteiger partial charge in [0.1, 0.15) is 19.5 Å². The first-order valence-corrected chi connectivity index (χ1v) is 8.55. The molecule has 0 bridgehead atoms. The van der Waals surface area contributed by atoms with E-state index in [-0.39, 0.29) is 5.76 Å². The molecule has 0 N–H and O–H groups in total. The van der Waals surface area contributed by atoms with Crippen LogP contribution in [0.25, 0.3) is 10.2 Å².